The first kappa shape index (κ1) is 16.7. The molecule has 2 heterocycles. The lowest BCUT2D eigenvalue weighted by Crippen LogP contribution is -2.39. The van der Waals surface area contributed by atoms with Crippen LogP contribution in [0.5, 0.6) is 0 Å². The second-order valence-corrected chi connectivity index (χ2v) is 5.22. The Kier molecular flexibility index (Phi) is 6.57. The number of ether oxygens (including phenoxy) is 1. The number of morpholine rings is 1. The number of carbonyl (C=O) groups is 2. The van der Waals surface area contributed by atoms with Crippen molar-refractivity contribution in [3.05, 3.63) is 23.5 Å². The molecule has 1 aliphatic heterocycles. The van der Waals surface area contributed by atoms with Crippen molar-refractivity contribution in [2.24, 2.45) is 0 Å². The normalized spacial score (nSPS) is 15.3. The zero-order valence-electron chi connectivity index (χ0n) is 12.2. The van der Waals surface area contributed by atoms with Gasteiger partial charge < -0.3 is 15.4 Å². The minimum absolute atomic E-state index is 0.149. The first-order valence-electron chi connectivity index (χ1n) is 7.16. The summed E-state index contributed by atoms with van der Waals surface area (Å²) in [5.41, 5.74) is 0.317. The van der Waals surface area contributed by atoms with Gasteiger partial charge in [0.15, 0.2) is 5.15 Å². The summed E-state index contributed by atoms with van der Waals surface area (Å²) < 4.78 is 5.26. The van der Waals surface area contributed by atoms with E-state index in [0.29, 0.717) is 12.2 Å². The van der Waals surface area contributed by atoms with Crippen LogP contribution in [0.1, 0.15) is 6.42 Å². The maximum Gasteiger partial charge on any atom is 0.313 e. The predicted octanol–water partition coefficient (Wildman–Crippen LogP) is 0.512. The average molecular weight is 327 g/mol. The molecule has 2 amide bonds. The lowest BCUT2D eigenvalue weighted by atomic mass is 10.3. The Hall–Kier alpha value is -1.70. The number of halogens is 1. The summed E-state index contributed by atoms with van der Waals surface area (Å²) in [4.78, 5) is 29.5. The molecule has 0 aromatic carbocycles. The van der Waals surface area contributed by atoms with E-state index in [9.17, 15) is 9.59 Å². The van der Waals surface area contributed by atoms with E-state index in [4.69, 9.17) is 16.3 Å². The highest BCUT2D eigenvalue weighted by Gasteiger charge is 2.15. The fourth-order valence-electron chi connectivity index (χ4n) is 2.07. The summed E-state index contributed by atoms with van der Waals surface area (Å²) in [6, 6.07) is 3.21. The van der Waals surface area contributed by atoms with E-state index < -0.39 is 11.8 Å². The predicted molar refractivity (Wildman–Crippen MR) is 82.8 cm³/mol. The van der Waals surface area contributed by atoms with Gasteiger partial charge in [-0.1, -0.05) is 11.6 Å². The second-order valence-electron chi connectivity index (χ2n) is 4.86. The SMILES string of the molecule is O=C(NCCCN1CCOCC1)C(=O)Nc1cccnc1Cl. The van der Waals surface area contributed by atoms with Gasteiger partial charge in [-0.15, -0.1) is 0 Å². The molecule has 0 unspecified atom stereocenters. The smallest absolute Gasteiger partial charge is 0.313 e. The third-order valence-electron chi connectivity index (χ3n) is 3.25. The monoisotopic (exact) mass is 326 g/mol. The van der Waals surface area contributed by atoms with Gasteiger partial charge in [-0.25, -0.2) is 4.98 Å². The highest BCUT2D eigenvalue weighted by atomic mass is 35.5. The molecule has 22 heavy (non-hydrogen) atoms. The van der Waals surface area contributed by atoms with Gasteiger partial charge in [0.05, 0.1) is 18.9 Å². The van der Waals surface area contributed by atoms with E-state index in [1.165, 1.54) is 6.20 Å². The molecule has 2 N–H and O–H groups in total. The van der Waals surface area contributed by atoms with Gasteiger partial charge in [0.1, 0.15) is 0 Å². The first-order valence-corrected chi connectivity index (χ1v) is 7.54. The van der Waals surface area contributed by atoms with Crippen LogP contribution in [-0.4, -0.2) is 61.1 Å². The molecule has 0 bridgehead atoms. The van der Waals surface area contributed by atoms with E-state index in [1.807, 2.05) is 0 Å². The van der Waals surface area contributed by atoms with Gasteiger partial charge in [0.25, 0.3) is 0 Å². The maximum atomic E-state index is 11.7. The second kappa shape index (κ2) is 8.67. The molecule has 0 saturated carbocycles. The molecular weight excluding hydrogens is 308 g/mol. The number of nitrogens with one attached hydrogen (secondary N) is 2. The van der Waals surface area contributed by atoms with E-state index in [0.717, 1.165) is 39.3 Å². The van der Waals surface area contributed by atoms with Crippen LogP contribution in [0.25, 0.3) is 0 Å². The molecule has 0 aliphatic carbocycles. The van der Waals surface area contributed by atoms with Crippen LogP contribution in [-0.2, 0) is 14.3 Å². The lowest BCUT2D eigenvalue weighted by Gasteiger charge is -2.26. The molecule has 0 spiro atoms. The Morgan fingerprint density at radius 2 is 2.09 bits per heavy atom. The number of aromatic nitrogens is 1. The summed E-state index contributed by atoms with van der Waals surface area (Å²) in [5.74, 6) is -1.43. The molecule has 0 radical (unpaired) electrons. The van der Waals surface area contributed by atoms with Crippen LogP contribution >= 0.6 is 11.6 Å². The Bertz CT molecular complexity index is 521. The van der Waals surface area contributed by atoms with Crippen LogP contribution < -0.4 is 10.6 Å². The third kappa shape index (κ3) is 5.25. The Morgan fingerprint density at radius 3 is 2.82 bits per heavy atom. The molecule has 1 aliphatic rings. The standard InChI is InChI=1S/C14H19ClN4O3/c15-12-11(3-1-4-16-12)18-14(21)13(20)17-5-2-6-19-7-9-22-10-8-19/h1,3-4H,2,5-10H2,(H,17,20)(H,18,21). The minimum atomic E-state index is -0.749. The zero-order chi connectivity index (χ0) is 15.8. The molecule has 1 saturated heterocycles. The Balaban J connectivity index is 1.66. The number of carbonyl (C=O) groups excluding carboxylic acids is 2. The Labute approximate surface area is 134 Å². The summed E-state index contributed by atoms with van der Waals surface area (Å²) in [7, 11) is 0. The van der Waals surface area contributed by atoms with Crippen LogP contribution in [0.3, 0.4) is 0 Å². The molecule has 120 valence electrons. The number of hydrogen-bond donors (Lipinski definition) is 2. The van der Waals surface area contributed by atoms with E-state index in [1.54, 1.807) is 12.1 Å². The highest BCUT2D eigenvalue weighted by molar-refractivity contribution is 6.41. The fourth-order valence-corrected chi connectivity index (χ4v) is 2.23. The van der Waals surface area contributed by atoms with Gasteiger partial charge in [0, 0.05) is 25.8 Å². The lowest BCUT2D eigenvalue weighted by molar-refractivity contribution is -0.136. The molecule has 7 nitrogen and oxygen atoms in total. The quantitative estimate of drug-likeness (QED) is 0.468. The summed E-state index contributed by atoms with van der Waals surface area (Å²) in [6.07, 6.45) is 2.29. The third-order valence-corrected chi connectivity index (χ3v) is 3.56. The van der Waals surface area contributed by atoms with Gasteiger partial charge in [-0.2, -0.15) is 0 Å². The number of rotatable bonds is 5. The zero-order valence-corrected chi connectivity index (χ0v) is 12.9. The van der Waals surface area contributed by atoms with Gasteiger partial charge >= 0.3 is 11.8 Å². The minimum Gasteiger partial charge on any atom is -0.379 e. The number of nitrogens with zero attached hydrogens (tertiary/aromatic N) is 2. The molecule has 0 atom stereocenters. The van der Waals surface area contributed by atoms with Gasteiger partial charge in [-0.3, -0.25) is 14.5 Å². The molecule has 8 heteroatoms. The number of anilines is 1. The van der Waals surface area contributed by atoms with Crippen molar-refractivity contribution in [3.63, 3.8) is 0 Å². The van der Waals surface area contributed by atoms with E-state index in [2.05, 4.69) is 20.5 Å². The van der Waals surface area contributed by atoms with Crippen LogP contribution in [0.4, 0.5) is 5.69 Å². The van der Waals surface area contributed by atoms with Crippen molar-refractivity contribution in [1.29, 1.82) is 0 Å². The van der Waals surface area contributed by atoms with Crippen molar-refractivity contribution in [2.75, 3.05) is 44.7 Å². The van der Waals surface area contributed by atoms with Gasteiger partial charge in [-0.05, 0) is 25.1 Å². The van der Waals surface area contributed by atoms with E-state index in [-0.39, 0.29) is 5.15 Å². The number of hydrogen-bond acceptors (Lipinski definition) is 5. The van der Waals surface area contributed by atoms with Crippen molar-refractivity contribution in [1.82, 2.24) is 15.2 Å². The fraction of sp³-hybridized carbons (Fsp3) is 0.500. The van der Waals surface area contributed by atoms with Crippen molar-refractivity contribution in [3.8, 4) is 0 Å². The van der Waals surface area contributed by atoms with Crippen LogP contribution in [0.2, 0.25) is 5.15 Å². The van der Waals surface area contributed by atoms with Gasteiger partial charge in [0.2, 0.25) is 0 Å². The molecular formula is C14H19ClN4O3. The largest absolute Gasteiger partial charge is 0.379 e. The highest BCUT2D eigenvalue weighted by Crippen LogP contribution is 2.16. The molecule has 1 fully saturated rings. The molecule has 1 aromatic heterocycles. The van der Waals surface area contributed by atoms with Crippen molar-refractivity contribution >= 4 is 29.1 Å². The van der Waals surface area contributed by atoms with Crippen LogP contribution in [0, 0.1) is 0 Å². The average Bonchev–Trinajstić information content (AvgIpc) is 2.54. The summed E-state index contributed by atoms with van der Waals surface area (Å²) in [5, 5.41) is 5.17. The van der Waals surface area contributed by atoms with Crippen molar-refractivity contribution < 1.29 is 14.3 Å². The topological polar surface area (TPSA) is 83.6 Å². The number of pyridine rings is 1. The van der Waals surface area contributed by atoms with Crippen molar-refractivity contribution in [2.45, 2.75) is 6.42 Å². The summed E-state index contributed by atoms with van der Waals surface area (Å²) in [6.45, 7) is 4.65. The number of amides is 2. The maximum absolute atomic E-state index is 11.7. The first-order chi connectivity index (χ1) is 10.7. The summed E-state index contributed by atoms with van der Waals surface area (Å²) >= 11 is 5.81. The molecule has 1 aromatic rings. The molecule has 2 rings (SSSR count). The Morgan fingerprint density at radius 1 is 1.32 bits per heavy atom. The van der Waals surface area contributed by atoms with E-state index >= 15 is 0 Å². The van der Waals surface area contributed by atoms with Crippen LogP contribution in [0.15, 0.2) is 18.3 Å².